The lowest BCUT2D eigenvalue weighted by atomic mass is 10.1. The molecule has 7 heteroatoms. The summed E-state index contributed by atoms with van der Waals surface area (Å²) in [5.41, 5.74) is 6.42. The molecule has 1 aromatic rings. The standard InChI is InChI=1S/C16H21N3O4/c1-22-12-4-2-11(3-5-12)6-18-7-13-14(8-18)23-10-16(21)19(13)9-15(17)20/h2-5,13-14H,6-10H2,1H3,(H2,17,20)/t13-,14+/m1/s1. The third-order valence-corrected chi connectivity index (χ3v) is 4.35. The van der Waals surface area contributed by atoms with Gasteiger partial charge < -0.3 is 20.1 Å². The minimum Gasteiger partial charge on any atom is -0.497 e. The smallest absolute Gasteiger partial charge is 0.249 e. The van der Waals surface area contributed by atoms with Crippen LogP contribution < -0.4 is 10.5 Å². The summed E-state index contributed by atoms with van der Waals surface area (Å²) >= 11 is 0. The summed E-state index contributed by atoms with van der Waals surface area (Å²) in [5, 5.41) is 0. The highest BCUT2D eigenvalue weighted by atomic mass is 16.5. The minimum absolute atomic E-state index is 0.0187. The van der Waals surface area contributed by atoms with Gasteiger partial charge in [0.05, 0.1) is 25.8 Å². The number of hydrogen-bond donors (Lipinski definition) is 1. The first kappa shape index (κ1) is 15.8. The molecule has 23 heavy (non-hydrogen) atoms. The molecule has 0 bridgehead atoms. The number of nitrogens with zero attached hydrogens (tertiary/aromatic N) is 2. The Labute approximate surface area is 134 Å². The molecular weight excluding hydrogens is 298 g/mol. The topological polar surface area (TPSA) is 85.1 Å². The van der Waals surface area contributed by atoms with Crippen LogP contribution in [0.5, 0.6) is 5.75 Å². The molecule has 2 fully saturated rings. The van der Waals surface area contributed by atoms with Crippen molar-refractivity contribution in [2.75, 3.05) is 33.4 Å². The first-order valence-corrected chi connectivity index (χ1v) is 7.61. The molecule has 0 aromatic heterocycles. The van der Waals surface area contributed by atoms with Crippen LogP contribution in [0.1, 0.15) is 5.56 Å². The Bertz CT molecular complexity index is 589. The van der Waals surface area contributed by atoms with E-state index in [4.69, 9.17) is 15.2 Å². The highest BCUT2D eigenvalue weighted by Crippen LogP contribution is 2.25. The van der Waals surface area contributed by atoms with Gasteiger partial charge in [-0.2, -0.15) is 0 Å². The van der Waals surface area contributed by atoms with E-state index in [1.807, 2.05) is 24.3 Å². The molecule has 1 aromatic carbocycles. The molecule has 0 radical (unpaired) electrons. The number of fused-ring (bicyclic) bond motifs is 1. The fourth-order valence-electron chi connectivity index (χ4n) is 3.23. The van der Waals surface area contributed by atoms with Crippen molar-refractivity contribution in [2.24, 2.45) is 5.73 Å². The number of nitrogens with two attached hydrogens (primary N) is 1. The number of rotatable bonds is 5. The maximum Gasteiger partial charge on any atom is 0.249 e. The Morgan fingerprint density at radius 1 is 1.35 bits per heavy atom. The van der Waals surface area contributed by atoms with Crippen LogP contribution in [0.3, 0.4) is 0 Å². The summed E-state index contributed by atoms with van der Waals surface area (Å²) in [4.78, 5) is 27.0. The van der Waals surface area contributed by atoms with Gasteiger partial charge in [0, 0.05) is 19.6 Å². The molecule has 2 atom stereocenters. The zero-order valence-electron chi connectivity index (χ0n) is 13.1. The normalized spacial score (nSPS) is 24.6. The number of morpholine rings is 1. The first-order chi connectivity index (χ1) is 11.1. The second-order valence-electron chi connectivity index (χ2n) is 5.95. The number of methoxy groups -OCH3 is 1. The monoisotopic (exact) mass is 319 g/mol. The maximum absolute atomic E-state index is 12.0. The van der Waals surface area contributed by atoms with Gasteiger partial charge in [0.25, 0.3) is 0 Å². The minimum atomic E-state index is -0.493. The second-order valence-corrected chi connectivity index (χ2v) is 5.95. The Morgan fingerprint density at radius 3 is 2.74 bits per heavy atom. The van der Waals surface area contributed by atoms with E-state index in [2.05, 4.69) is 4.90 Å². The van der Waals surface area contributed by atoms with Crippen LogP contribution in [0.2, 0.25) is 0 Å². The molecule has 2 amide bonds. The molecule has 0 aliphatic carbocycles. The largest absolute Gasteiger partial charge is 0.497 e. The van der Waals surface area contributed by atoms with Crippen molar-refractivity contribution in [1.82, 2.24) is 9.80 Å². The van der Waals surface area contributed by atoms with Gasteiger partial charge >= 0.3 is 0 Å². The fraction of sp³-hybridized carbons (Fsp3) is 0.500. The molecular formula is C16H21N3O4. The van der Waals surface area contributed by atoms with Crippen LogP contribution >= 0.6 is 0 Å². The van der Waals surface area contributed by atoms with Gasteiger partial charge in [-0.15, -0.1) is 0 Å². The Morgan fingerprint density at radius 2 is 2.09 bits per heavy atom. The first-order valence-electron chi connectivity index (χ1n) is 7.61. The molecule has 2 aliphatic heterocycles. The lowest BCUT2D eigenvalue weighted by Crippen LogP contribution is -2.56. The Balaban J connectivity index is 1.65. The van der Waals surface area contributed by atoms with Crippen molar-refractivity contribution < 1.29 is 19.1 Å². The van der Waals surface area contributed by atoms with E-state index in [0.29, 0.717) is 6.54 Å². The van der Waals surface area contributed by atoms with Gasteiger partial charge in [-0.1, -0.05) is 12.1 Å². The number of amides is 2. The molecule has 2 N–H and O–H groups in total. The van der Waals surface area contributed by atoms with Crippen molar-refractivity contribution in [3.8, 4) is 5.75 Å². The van der Waals surface area contributed by atoms with Crippen LogP contribution in [-0.4, -0.2) is 67.1 Å². The van der Waals surface area contributed by atoms with Crippen LogP contribution in [0.4, 0.5) is 0 Å². The average molecular weight is 319 g/mol. The summed E-state index contributed by atoms with van der Waals surface area (Å²) in [6.45, 7) is 2.15. The summed E-state index contributed by atoms with van der Waals surface area (Å²) in [6, 6.07) is 7.79. The fourth-order valence-corrected chi connectivity index (χ4v) is 3.23. The van der Waals surface area contributed by atoms with Crippen LogP contribution in [-0.2, 0) is 20.9 Å². The van der Waals surface area contributed by atoms with E-state index in [1.54, 1.807) is 12.0 Å². The molecule has 2 aliphatic rings. The number of carbonyl (C=O) groups is 2. The average Bonchev–Trinajstić information content (AvgIpc) is 2.93. The van der Waals surface area contributed by atoms with Crippen LogP contribution in [0.15, 0.2) is 24.3 Å². The van der Waals surface area contributed by atoms with Gasteiger partial charge in [-0.3, -0.25) is 14.5 Å². The van der Waals surface area contributed by atoms with E-state index in [-0.39, 0.29) is 31.2 Å². The number of hydrogen-bond acceptors (Lipinski definition) is 5. The Hall–Kier alpha value is -2.12. The van der Waals surface area contributed by atoms with E-state index >= 15 is 0 Å². The van der Waals surface area contributed by atoms with Crippen molar-refractivity contribution >= 4 is 11.8 Å². The summed E-state index contributed by atoms with van der Waals surface area (Å²) < 4.78 is 10.8. The third-order valence-electron chi connectivity index (χ3n) is 4.35. The molecule has 124 valence electrons. The molecule has 0 saturated carbocycles. The molecule has 3 rings (SSSR count). The van der Waals surface area contributed by atoms with Gasteiger partial charge in [0.2, 0.25) is 11.8 Å². The molecule has 0 spiro atoms. The van der Waals surface area contributed by atoms with Gasteiger partial charge in [0.15, 0.2) is 0 Å². The quantitative estimate of drug-likeness (QED) is 0.798. The zero-order valence-corrected chi connectivity index (χ0v) is 13.1. The van der Waals surface area contributed by atoms with E-state index in [1.165, 1.54) is 0 Å². The van der Waals surface area contributed by atoms with Crippen molar-refractivity contribution in [2.45, 2.75) is 18.7 Å². The number of ether oxygens (including phenoxy) is 2. The summed E-state index contributed by atoms with van der Waals surface area (Å²) in [7, 11) is 1.64. The van der Waals surface area contributed by atoms with E-state index in [0.717, 1.165) is 24.4 Å². The van der Waals surface area contributed by atoms with Gasteiger partial charge in [0.1, 0.15) is 12.4 Å². The van der Waals surface area contributed by atoms with Gasteiger partial charge in [-0.05, 0) is 17.7 Å². The van der Waals surface area contributed by atoms with Crippen LogP contribution in [0.25, 0.3) is 0 Å². The number of likely N-dealkylation sites (tertiary alicyclic amines) is 1. The predicted molar refractivity (Wildman–Crippen MR) is 82.7 cm³/mol. The molecule has 0 unspecified atom stereocenters. The number of carbonyl (C=O) groups excluding carboxylic acids is 2. The number of primary amides is 1. The predicted octanol–water partition coefficient (Wildman–Crippen LogP) is -0.408. The van der Waals surface area contributed by atoms with Gasteiger partial charge in [-0.25, -0.2) is 0 Å². The van der Waals surface area contributed by atoms with Crippen molar-refractivity contribution in [3.05, 3.63) is 29.8 Å². The maximum atomic E-state index is 12.0. The highest BCUT2D eigenvalue weighted by molar-refractivity contribution is 5.85. The van der Waals surface area contributed by atoms with Crippen LogP contribution in [0, 0.1) is 0 Å². The van der Waals surface area contributed by atoms with Crippen molar-refractivity contribution in [1.29, 1.82) is 0 Å². The highest BCUT2D eigenvalue weighted by Gasteiger charge is 2.43. The Kier molecular flexibility index (Phi) is 4.49. The van der Waals surface area contributed by atoms with Crippen molar-refractivity contribution in [3.63, 3.8) is 0 Å². The zero-order chi connectivity index (χ0) is 16.4. The number of benzene rings is 1. The third kappa shape index (κ3) is 3.46. The molecule has 2 saturated heterocycles. The summed E-state index contributed by atoms with van der Waals surface area (Å²) in [6.07, 6.45) is -0.0645. The molecule has 7 nitrogen and oxygen atoms in total. The lowest BCUT2D eigenvalue weighted by molar-refractivity contribution is -0.155. The summed E-state index contributed by atoms with van der Waals surface area (Å²) in [5.74, 6) is 0.161. The molecule has 2 heterocycles. The van der Waals surface area contributed by atoms with E-state index < -0.39 is 5.91 Å². The van der Waals surface area contributed by atoms with E-state index in [9.17, 15) is 9.59 Å². The SMILES string of the molecule is COc1ccc(CN2C[C@@H]3OCC(=O)N(CC(N)=O)[C@@H]3C2)cc1. The second kappa shape index (κ2) is 6.55. The lowest BCUT2D eigenvalue weighted by Gasteiger charge is -2.35.